The Morgan fingerprint density at radius 3 is 1.62 bits per heavy atom. The average Bonchev–Trinajstić information content (AvgIpc) is 2.01. The molecule has 0 aromatic heterocycles. The molecule has 0 N–H and O–H groups in total. The molecule has 0 saturated heterocycles. The van der Waals surface area contributed by atoms with Crippen molar-refractivity contribution in [3.05, 3.63) is 0 Å². The predicted molar refractivity (Wildman–Crippen MR) is 64.8 cm³/mol. The maximum atomic E-state index is 2.71. The van der Waals surface area contributed by atoms with Crippen molar-refractivity contribution in [1.29, 1.82) is 0 Å². The van der Waals surface area contributed by atoms with Gasteiger partial charge in [-0.3, -0.25) is 0 Å². The molecule has 0 fully saturated rings. The summed E-state index contributed by atoms with van der Waals surface area (Å²) >= 11 is 0. The zero-order valence-electron chi connectivity index (χ0n) is 10.2. The summed E-state index contributed by atoms with van der Waals surface area (Å²) < 4.78 is 2.71. The van der Waals surface area contributed by atoms with Crippen LogP contribution in [0.15, 0.2) is 0 Å². The van der Waals surface area contributed by atoms with E-state index in [1.54, 1.807) is 0 Å². The first kappa shape index (κ1) is 13.4. The Morgan fingerprint density at radius 1 is 1.00 bits per heavy atom. The monoisotopic (exact) mass is 214 g/mol. The van der Waals surface area contributed by atoms with E-state index < -0.39 is 0 Å². The largest absolute Gasteiger partial charge is 0.320 e. The predicted octanol–water partition coefficient (Wildman–Crippen LogP) is 2.83. The van der Waals surface area contributed by atoms with Crippen LogP contribution in [0, 0.1) is 0 Å². The number of hydrogen-bond donors (Lipinski definition) is 0. The van der Waals surface area contributed by atoms with Crippen LogP contribution in [0.1, 0.15) is 34.6 Å². The summed E-state index contributed by atoms with van der Waals surface area (Å²) in [6, 6.07) is 1.41. The van der Waals surface area contributed by atoms with Crippen molar-refractivity contribution in [2.24, 2.45) is 0 Å². The summed E-state index contributed by atoms with van der Waals surface area (Å²) in [7, 11) is 0.784. The Labute approximate surface area is 88.4 Å². The highest BCUT2D eigenvalue weighted by molar-refractivity contribution is 6.68. The first-order valence-electron chi connectivity index (χ1n) is 5.20. The molecular formula is C10H24NSi2. The minimum absolute atomic E-state index is 0.310. The molecule has 0 aliphatic heterocycles. The molecule has 0 saturated carbocycles. The SMILES string of the molecule is C[Si]C(C)[Si](C)N(C(C)C)C(C)C. The summed E-state index contributed by atoms with van der Waals surface area (Å²) in [6.45, 7) is 16.5. The lowest BCUT2D eigenvalue weighted by Crippen LogP contribution is -2.49. The standard InChI is InChI=1S/C10H24NSi2/c1-8(2)11(9(3)4)13(7)10(5)12-6/h8-10H,1-7H3. The first-order valence-corrected chi connectivity index (χ1v) is 8.81. The highest BCUT2D eigenvalue weighted by atomic mass is 28.3. The quantitative estimate of drug-likeness (QED) is 0.636. The van der Waals surface area contributed by atoms with Gasteiger partial charge in [-0.05, 0) is 17.2 Å². The summed E-state index contributed by atoms with van der Waals surface area (Å²) in [4.78, 5) is 0. The van der Waals surface area contributed by atoms with Crippen LogP contribution >= 0.6 is 0 Å². The van der Waals surface area contributed by atoms with E-state index in [1.807, 2.05) is 0 Å². The molecule has 0 heterocycles. The van der Waals surface area contributed by atoms with Gasteiger partial charge in [0.05, 0.1) is 0 Å². The molecule has 3 radical (unpaired) electrons. The minimum Gasteiger partial charge on any atom is -0.320 e. The first-order chi connectivity index (χ1) is 5.91. The normalized spacial score (nSPS) is 15.0. The van der Waals surface area contributed by atoms with Gasteiger partial charge >= 0.3 is 0 Å². The summed E-state index contributed by atoms with van der Waals surface area (Å²) in [5, 5.41) is 0.926. The molecule has 0 aliphatic carbocycles. The van der Waals surface area contributed by atoms with E-state index in [4.69, 9.17) is 0 Å². The van der Waals surface area contributed by atoms with Crippen molar-refractivity contribution in [3.8, 4) is 0 Å². The molecule has 0 aliphatic rings. The van der Waals surface area contributed by atoms with Crippen molar-refractivity contribution in [2.45, 2.75) is 65.0 Å². The van der Waals surface area contributed by atoms with Crippen molar-refractivity contribution in [3.63, 3.8) is 0 Å². The van der Waals surface area contributed by atoms with E-state index in [0.29, 0.717) is 12.1 Å². The van der Waals surface area contributed by atoms with Crippen LogP contribution in [-0.4, -0.2) is 35.1 Å². The molecule has 1 atom stereocenters. The van der Waals surface area contributed by atoms with Crippen LogP contribution in [0.3, 0.4) is 0 Å². The van der Waals surface area contributed by atoms with Crippen molar-refractivity contribution in [1.82, 2.24) is 4.57 Å². The fourth-order valence-corrected chi connectivity index (χ4v) is 6.04. The molecule has 13 heavy (non-hydrogen) atoms. The van der Waals surface area contributed by atoms with Crippen LogP contribution in [0.5, 0.6) is 0 Å². The Morgan fingerprint density at radius 2 is 1.38 bits per heavy atom. The van der Waals surface area contributed by atoms with E-state index in [-0.39, 0.29) is 8.96 Å². The van der Waals surface area contributed by atoms with Gasteiger partial charge in [0.1, 0.15) is 8.96 Å². The van der Waals surface area contributed by atoms with Gasteiger partial charge < -0.3 is 4.57 Å². The molecule has 0 bridgehead atoms. The third-order valence-electron chi connectivity index (χ3n) is 2.58. The lowest BCUT2D eigenvalue weighted by molar-refractivity contribution is 0.302. The van der Waals surface area contributed by atoms with Gasteiger partial charge in [-0.25, -0.2) is 0 Å². The van der Waals surface area contributed by atoms with Gasteiger partial charge in [-0.2, -0.15) is 0 Å². The highest BCUT2D eigenvalue weighted by Gasteiger charge is 2.25. The van der Waals surface area contributed by atoms with E-state index in [1.165, 1.54) is 0 Å². The second kappa shape index (κ2) is 5.99. The number of hydrogen-bond acceptors (Lipinski definition) is 1. The smallest absolute Gasteiger partial charge is 0.133 e. The number of nitrogens with zero attached hydrogens (tertiary/aromatic N) is 1. The van der Waals surface area contributed by atoms with Crippen LogP contribution < -0.4 is 0 Å². The van der Waals surface area contributed by atoms with Gasteiger partial charge in [0.25, 0.3) is 0 Å². The van der Waals surface area contributed by atoms with Crippen molar-refractivity contribution in [2.75, 3.05) is 0 Å². The fraction of sp³-hybridized carbons (Fsp3) is 1.00. The minimum atomic E-state index is -0.310. The van der Waals surface area contributed by atoms with Crippen LogP contribution in [0.4, 0.5) is 0 Å². The molecule has 0 amide bonds. The molecule has 0 rings (SSSR count). The number of rotatable bonds is 5. The Kier molecular flexibility index (Phi) is 6.17. The molecule has 3 heteroatoms. The molecule has 77 valence electrons. The molecular weight excluding hydrogens is 190 g/mol. The molecule has 0 spiro atoms. The highest BCUT2D eigenvalue weighted by Crippen LogP contribution is 2.17. The second-order valence-electron chi connectivity index (χ2n) is 4.25. The van der Waals surface area contributed by atoms with E-state index >= 15 is 0 Å². The Bertz CT molecular complexity index is 129. The fourth-order valence-electron chi connectivity index (χ4n) is 1.84. The van der Waals surface area contributed by atoms with Crippen LogP contribution in [0.2, 0.25) is 18.3 Å². The Balaban J connectivity index is 4.36. The summed E-state index contributed by atoms with van der Waals surface area (Å²) in [6.07, 6.45) is 0. The molecule has 0 aromatic rings. The molecule has 1 unspecified atom stereocenters. The lowest BCUT2D eigenvalue weighted by Gasteiger charge is -2.37. The third-order valence-corrected chi connectivity index (χ3v) is 8.67. The maximum Gasteiger partial charge on any atom is 0.133 e. The third kappa shape index (κ3) is 3.96. The van der Waals surface area contributed by atoms with Gasteiger partial charge in [-0.1, -0.05) is 47.7 Å². The van der Waals surface area contributed by atoms with Gasteiger partial charge in [-0.15, -0.1) is 0 Å². The molecule has 0 aromatic carbocycles. The van der Waals surface area contributed by atoms with Crippen molar-refractivity contribution >= 4 is 18.5 Å². The van der Waals surface area contributed by atoms with Crippen LogP contribution in [0.25, 0.3) is 0 Å². The zero-order valence-corrected chi connectivity index (χ0v) is 12.2. The van der Waals surface area contributed by atoms with Crippen molar-refractivity contribution < 1.29 is 0 Å². The summed E-state index contributed by atoms with van der Waals surface area (Å²) in [5.74, 6) is 0. The van der Waals surface area contributed by atoms with Gasteiger partial charge in [0.2, 0.25) is 0 Å². The van der Waals surface area contributed by atoms with Gasteiger partial charge in [0.15, 0.2) is 0 Å². The zero-order chi connectivity index (χ0) is 10.6. The van der Waals surface area contributed by atoms with E-state index in [0.717, 1.165) is 14.7 Å². The summed E-state index contributed by atoms with van der Waals surface area (Å²) in [5.41, 5.74) is 0. The second-order valence-corrected chi connectivity index (χ2v) is 8.93. The Hall–Kier alpha value is 0.394. The molecule has 1 nitrogen and oxygen atoms in total. The maximum absolute atomic E-state index is 2.71. The van der Waals surface area contributed by atoms with E-state index in [9.17, 15) is 0 Å². The van der Waals surface area contributed by atoms with Gasteiger partial charge in [0, 0.05) is 9.52 Å². The van der Waals surface area contributed by atoms with Crippen LogP contribution in [-0.2, 0) is 0 Å². The average molecular weight is 214 g/mol. The van der Waals surface area contributed by atoms with E-state index in [2.05, 4.69) is 52.3 Å². The topological polar surface area (TPSA) is 3.24 Å². The lowest BCUT2D eigenvalue weighted by atomic mass is 10.3.